The van der Waals surface area contributed by atoms with Gasteiger partial charge in [0.25, 0.3) is 5.91 Å². The Bertz CT molecular complexity index is 986. The van der Waals surface area contributed by atoms with Crippen LogP contribution in [-0.4, -0.2) is 78.2 Å². The monoisotopic (exact) mass is 563 g/mol. The largest absolute Gasteiger partial charge is 0.464 e. The second-order valence-electron chi connectivity index (χ2n) is 12.6. The molecule has 2 saturated carbocycles. The first-order chi connectivity index (χ1) is 18.8. The molecule has 224 valence electrons. The van der Waals surface area contributed by atoms with Crippen LogP contribution in [0.15, 0.2) is 0 Å². The number of rotatable bonds is 13. The molecule has 3 unspecified atom stereocenters. The van der Waals surface area contributed by atoms with Gasteiger partial charge in [0.1, 0.15) is 18.6 Å². The molecule has 1 aliphatic heterocycles. The molecule has 0 aromatic heterocycles. The van der Waals surface area contributed by atoms with Crippen LogP contribution in [0.25, 0.3) is 0 Å². The molecule has 5 N–H and O–H groups in total. The molecular formula is C28H45N5O7. The molecule has 12 heteroatoms. The number of carbonyl (C=O) groups is 6. The number of hydrogen-bond donors (Lipinski definition) is 4. The van der Waals surface area contributed by atoms with Crippen LogP contribution in [0.5, 0.6) is 0 Å². The van der Waals surface area contributed by atoms with Crippen molar-refractivity contribution in [1.29, 1.82) is 0 Å². The minimum absolute atomic E-state index is 0.0484. The highest BCUT2D eigenvalue weighted by atomic mass is 16.5. The zero-order valence-electron chi connectivity index (χ0n) is 24.1. The molecule has 0 bridgehead atoms. The lowest BCUT2D eigenvalue weighted by Crippen LogP contribution is -2.60. The zero-order valence-corrected chi connectivity index (χ0v) is 24.1. The molecule has 0 aromatic rings. The summed E-state index contributed by atoms with van der Waals surface area (Å²) in [6.45, 7) is 7.68. The first-order valence-electron chi connectivity index (χ1n) is 14.4. The summed E-state index contributed by atoms with van der Waals surface area (Å²) in [6, 6.07) is -3.60. The second-order valence-corrected chi connectivity index (χ2v) is 12.6. The van der Waals surface area contributed by atoms with E-state index in [9.17, 15) is 28.8 Å². The first-order valence-corrected chi connectivity index (χ1v) is 14.4. The predicted octanol–water partition coefficient (Wildman–Crippen LogP) is 1.01. The van der Waals surface area contributed by atoms with Gasteiger partial charge in [-0.2, -0.15) is 0 Å². The smallest absolute Gasteiger partial charge is 0.325 e. The van der Waals surface area contributed by atoms with Gasteiger partial charge in [-0.25, -0.2) is 4.79 Å². The molecule has 0 aromatic carbocycles. The Morgan fingerprint density at radius 1 is 0.975 bits per heavy atom. The van der Waals surface area contributed by atoms with E-state index in [0.29, 0.717) is 31.9 Å². The fourth-order valence-electron chi connectivity index (χ4n) is 5.14. The molecule has 0 spiro atoms. The number of amides is 5. The number of Topliss-reactive ketones (excluding diaryl/α,β-unsaturated/α-hetero) is 1. The van der Waals surface area contributed by atoms with Gasteiger partial charge in [0, 0.05) is 6.54 Å². The fourth-order valence-corrected chi connectivity index (χ4v) is 5.14. The molecule has 2 aliphatic carbocycles. The minimum atomic E-state index is -1.10. The molecule has 3 fully saturated rings. The van der Waals surface area contributed by atoms with Crippen molar-refractivity contribution < 1.29 is 33.5 Å². The second kappa shape index (κ2) is 13.5. The van der Waals surface area contributed by atoms with Gasteiger partial charge in [0.2, 0.25) is 17.6 Å². The third kappa shape index (κ3) is 8.66. The number of ether oxygens (including phenoxy) is 1. The van der Waals surface area contributed by atoms with Crippen LogP contribution in [0.3, 0.4) is 0 Å². The number of nitrogens with zero attached hydrogens (tertiary/aromatic N) is 1. The van der Waals surface area contributed by atoms with Crippen molar-refractivity contribution in [3.05, 3.63) is 0 Å². The van der Waals surface area contributed by atoms with E-state index in [0.717, 1.165) is 38.5 Å². The number of nitrogens with two attached hydrogens (primary N) is 1. The van der Waals surface area contributed by atoms with Crippen molar-refractivity contribution in [3.63, 3.8) is 0 Å². The normalized spacial score (nSPS) is 22.4. The van der Waals surface area contributed by atoms with Crippen LogP contribution in [0.1, 0.15) is 79.1 Å². The van der Waals surface area contributed by atoms with E-state index in [1.54, 1.807) is 20.8 Å². The van der Waals surface area contributed by atoms with Gasteiger partial charge >= 0.3 is 12.0 Å². The number of ketones is 1. The lowest BCUT2D eigenvalue weighted by Gasteiger charge is -2.36. The summed E-state index contributed by atoms with van der Waals surface area (Å²) in [5.41, 5.74) is 4.53. The minimum Gasteiger partial charge on any atom is -0.464 e. The lowest BCUT2D eigenvalue weighted by molar-refractivity contribution is -0.143. The number of carbonyl (C=O) groups excluding carboxylic acids is 6. The summed E-state index contributed by atoms with van der Waals surface area (Å²) in [6.07, 6.45) is 6.41. The van der Waals surface area contributed by atoms with E-state index >= 15 is 0 Å². The van der Waals surface area contributed by atoms with Crippen molar-refractivity contribution in [3.8, 4) is 0 Å². The molecular weight excluding hydrogens is 518 g/mol. The summed E-state index contributed by atoms with van der Waals surface area (Å²) >= 11 is 0. The zero-order chi connectivity index (χ0) is 29.6. The third-order valence-electron chi connectivity index (χ3n) is 8.18. The van der Waals surface area contributed by atoms with E-state index in [1.807, 2.05) is 6.92 Å². The van der Waals surface area contributed by atoms with Crippen LogP contribution in [-0.2, 0) is 28.7 Å². The van der Waals surface area contributed by atoms with Gasteiger partial charge in [0.05, 0.1) is 12.6 Å². The van der Waals surface area contributed by atoms with Crippen molar-refractivity contribution in [2.45, 2.75) is 97.2 Å². The van der Waals surface area contributed by atoms with Crippen molar-refractivity contribution in [2.75, 3.05) is 19.7 Å². The Kier molecular flexibility index (Phi) is 10.5. The summed E-state index contributed by atoms with van der Waals surface area (Å²) in [5.74, 6) is -2.76. The van der Waals surface area contributed by atoms with E-state index in [-0.39, 0.29) is 18.4 Å². The molecule has 5 amide bonds. The molecule has 3 aliphatic rings. The van der Waals surface area contributed by atoms with Crippen molar-refractivity contribution in [1.82, 2.24) is 20.9 Å². The highest BCUT2D eigenvalue weighted by molar-refractivity contribution is 6.37. The van der Waals surface area contributed by atoms with Crippen LogP contribution < -0.4 is 21.7 Å². The molecule has 1 saturated heterocycles. The van der Waals surface area contributed by atoms with Gasteiger partial charge in [-0.15, -0.1) is 0 Å². The summed E-state index contributed by atoms with van der Waals surface area (Å²) < 4.78 is 5.13. The van der Waals surface area contributed by atoms with Gasteiger partial charge < -0.3 is 31.3 Å². The first kappa shape index (κ1) is 31.3. The Hall–Kier alpha value is -3.18. The van der Waals surface area contributed by atoms with Gasteiger partial charge in [-0.05, 0) is 48.9 Å². The average molecular weight is 564 g/mol. The van der Waals surface area contributed by atoms with Crippen LogP contribution in [0, 0.1) is 23.2 Å². The summed E-state index contributed by atoms with van der Waals surface area (Å²) in [5, 5.41) is 7.84. The quantitative estimate of drug-likeness (QED) is 0.191. The Morgan fingerprint density at radius 3 is 2.17 bits per heavy atom. The predicted molar refractivity (Wildman–Crippen MR) is 145 cm³/mol. The van der Waals surface area contributed by atoms with E-state index in [1.165, 1.54) is 4.90 Å². The Labute approximate surface area is 235 Å². The highest BCUT2D eigenvalue weighted by Crippen LogP contribution is 2.32. The number of likely N-dealkylation sites (tertiary alicyclic amines) is 1. The fraction of sp³-hybridized carbons (Fsp3) is 0.786. The summed E-state index contributed by atoms with van der Waals surface area (Å²) in [4.78, 5) is 77.5. The van der Waals surface area contributed by atoms with Crippen LogP contribution in [0.2, 0.25) is 0 Å². The van der Waals surface area contributed by atoms with Crippen molar-refractivity contribution >= 4 is 35.5 Å². The van der Waals surface area contributed by atoms with Crippen LogP contribution in [0.4, 0.5) is 4.79 Å². The third-order valence-corrected chi connectivity index (χ3v) is 8.18. The summed E-state index contributed by atoms with van der Waals surface area (Å²) in [7, 11) is 0. The molecule has 1 heterocycles. The maximum Gasteiger partial charge on any atom is 0.325 e. The number of hydrogen-bond acceptors (Lipinski definition) is 7. The van der Waals surface area contributed by atoms with Gasteiger partial charge in [0.15, 0.2) is 0 Å². The number of nitrogens with one attached hydrogen (secondary N) is 3. The average Bonchev–Trinajstić information content (AvgIpc) is 3.60. The standard InChI is InChI=1S/C28H45N5O7/c1-5-16-12-20(25(37)31-19(22(35)24(29)36)11-17-7-6-8-17)33(14-16)26(38)23(28(2,3)4)32-27(39)30-13-21(34)40-15-18-9-10-18/h16-20,23H,5-15H2,1-4H3,(H2,29,36)(H,31,37)(H2,30,32,39)/t16?,19?,20-,23?/m0/s1. The molecule has 12 nitrogen and oxygen atoms in total. The SMILES string of the molecule is CCC1C[C@@H](C(=O)NC(CC2CCC2)C(=O)C(N)=O)N(C(=O)C(NC(=O)NCC(=O)OCC2CC2)C(C)(C)C)C1. The number of primary amides is 1. The van der Waals surface area contributed by atoms with E-state index < -0.39 is 59.0 Å². The maximum atomic E-state index is 13.9. The molecule has 40 heavy (non-hydrogen) atoms. The number of esters is 1. The molecule has 3 rings (SSSR count). The van der Waals surface area contributed by atoms with Gasteiger partial charge in [-0.3, -0.25) is 24.0 Å². The van der Waals surface area contributed by atoms with Crippen molar-refractivity contribution in [2.24, 2.45) is 28.9 Å². The van der Waals surface area contributed by atoms with E-state index in [2.05, 4.69) is 16.0 Å². The lowest BCUT2D eigenvalue weighted by atomic mass is 9.80. The molecule has 0 radical (unpaired) electrons. The molecule has 4 atom stereocenters. The van der Waals surface area contributed by atoms with Gasteiger partial charge in [-0.1, -0.05) is 53.4 Å². The highest BCUT2D eigenvalue weighted by Gasteiger charge is 2.45. The number of urea groups is 1. The maximum absolute atomic E-state index is 13.9. The van der Waals surface area contributed by atoms with Crippen LogP contribution >= 0.6 is 0 Å². The Morgan fingerprint density at radius 2 is 1.65 bits per heavy atom. The Balaban J connectivity index is 1.68. The van der Waals surface area contributed by atoms with E-state index in [4.69, 9.17) is 10.5 Å². The topological polar surface area (TPSA) is 177 Å².